The molecule has 1 unspecified atom stereocenters. The number of anilines is 1. The fourth-order valence-electron chi connectivity index (χ4n) is 1.24. The van der Waals surface area contributed by atoms with Crippen molar-refractivity contribution in [1.82, 2.24) is 5.32 Å². The fourth-order valence-corrected chi connectivity index (χ4v) is 1.24. The monoisotopic (exact) mass is 216 g/mol. The van der Waals surface area contributed by atoms with Crippen molar-refractivity contribution in [2.24, 2.45) is 0 Å². The van der Waals surface area contributed by atoms with Gasteiger partial charge in [-0.3, -0.25) is 10.1 Å². The lowest BCUT2D eigenvalue weighted by molar-refractivity contribution is -0.114. The van der Waals surface area contributed by atoms with Crippen molar-refractivity contribution in [3.05, 3.63) is 29.8 Å². The molecule has 2 N–H and O–H groups in total. The van der Waals surface area contributed by atoms with Crippen LogP contribution in [0.5, 0.6) is 0 Å². The maximum absolute atomic E-state index is 10.8. The second-order valence-corrected chi connectivity index (χ2v) is 3.65. The normalized spacial score (nSPS) is 11.6. The molecule has 0 saturated heterocycles. The first-order chi connectivity index (χ1) is 7.61. The Hall–Kier alpha value is -1.79. The Bertz CT molecular complexity index is 389. The molecule has 0 aromatic heterocycles. The third-order valence-electron chi connectivity index (χ3n) is 2.14. The fraction of sp³-hybridized carbons (Fsp3) is 0.308. The molecule has 0 bridgehead atoms. The van der Waals surface area contributed by atoms with Crippen molar-refractivity contribution in [1.29, 1.82) is 0 Å². The third kappa shape index (κ3) is 4.16. The van der Waals surface area contributed by atoms with E-state index in [0.717, 1.165) is 17.8 Å². The Labute approximate surface area is 96.2 Å². The number of carbonyl (C=O) groups excluding carboxylic acids is 1. The Kier molecular flexibility index (Phi) is 4.56. The van der Waals surface area contributed by atoms with E-state index < -0.39 is 0 Å². The van der Waals surface area contributed by atoms with Crippen LogP contribution in [0.3, 0.4) is 0 Å². The smallest absolute Gasteiger partial charge is 0.221 e. The summed E-state index contributed by atoms with van der Waals surface area (Å²) in [6, 6.07) is 7.73. The van der Waals surface area contributed by atoms with Crippen LogP contribution in [-0.2, 0) is 11.3 Å². The van der Waals surface area contributed by atoms with Crippen LogP contribution in [0.25, 0.3) is 0 Å². The van der Waals surface area contributed by atoms with Crippen molar-refractivity contribution in [3.8, 4) is 12.3 Å². The average Bonchev–Trinajstić information content (AvgIpc) is 2.27. The molecule has 0 heterocycles. The molecule has 0 spiro atoms. The molecule has 0 saturated carbocycles. The van der Waals surface area contributed by atoms with Crippen LogP contribution in [0.15, 0.2) is 24.3 Å². The van der Waals surface area contributed by atoms with Gasteiger partial charge in [0.2, 0.25) is 5.91 Å². The number of nitrogens with one attached hydrogen (secondary N) is 2. The first-order valence-electron chi connectivity index (χ1n) is 5.18. The summed E-state index contributed by atoms with van der Waals surface area (Å²) in [7, 11) is 0. The molecule has 0 aliphatic rings. The van der Waals surface area contributed by atoms with Gasteiger partial charge in [0.15, 0.2) is 0 Å². The van der Waals surface area contributed by atoms with Gasteiger partial charge in [0.25, 0.3) is 0 Å². The summed E-state index contributed by atoms with van der Waals surface area (Å²) in [5, 5.41) is 5.90. The van der Waals surface area contributed by atoms with Gasteiger partial charge in [-0.05, 0) is 24.6 Å². The molecule has 1 atom stereocenters. The van der Waals surface area contributed by atoms with E-state index >= 15 is 0 Å². The molecule has 3 nitrogen and oxygen atoms in total. The van der Waals surface area contributed by atoms with E-state index in [0.29, 0.717) is 0 Å². The van der Waals surface area contributed by atoms with E-state index in [4.69, 9.17) is 6.42 Å². The highest BCUT2D eigenvalue weighted by molar-refractivity contribution is 5.88. The van der Waals surface area contributed by atoms with Crippen LogP contribution in [0.4, 0.5) is 5.69 Å². The van der Waals surface area contributed by atoms with Gasteiger partial charge in [-0.1, -0.05) is 18.1 Å². The summed E-state index contributed by atoms with van der Waals surface area (Å²) in [4.78, 5) is 10.8. The van der Waals surface area contributed by atoms with E-state index in [-0.39, 0.29) is 11.9 Å². The number of terminal acetylenes is 1. The van der Waals surface area contributed by atoms with Gasteiger partial charge < -0.3 is 5.32 Å². The minimum Gasteiger partial charge on any atom is -0.326 e. The predicted molar refractivity (Wildman–Crippen MR) is 65.9 cm³/mol. The summed E-state index contributed by atoms with van der Waals surface area (Å²) >= 11 is 0. The molecular formula is C13H16N2O. The van der Waals surface area contributed by atoms with E-state index in [2.05, 4.69) is 16.6 Å². The molecule has 16 heavy (non-hydrogen) atoms. The number of hydrogen-bond acceptors (Lipinski definition) is 2. The van der Waals surface area contributed by atoms with Crippen LogP contribution in [0, 0.1) is 12.3 Å². The Morgan fingerprint density at radius 2 is 2.06 bits per heavy atom. The lowest BCUT2D eigenvalue weighted by Gasteiger charge is -2.08. The quantitative estimate of drug-likeness (QED) is 0.753. The van der Waals surface area contributed by atoms with Gasteiger partial charge in [0.1, 0.15) is 0 Å². The predicted octanol–water partition coefficient (Wildman–Crippen LogP) is 1.76. The third-order valence-corrected chi connectivity index (χ3v) is 2.14. The summed E-state index contributed by atoms with van der Waals surface area (Å²) < 4.78 is 0. The van der Waals surface area contributed by atoms with Gasteiger partial charge in [-0.25, -0.2) is 0 Å². The van der Waals surface area contributed by atoms with Crippen molar-refractivity contribution in [2.75, 3.05) is 5.32 Å². The molecule has 0 aliphatic heterocycles. The van der Waals surface area contributed by atoms with Gasteiger partial charge in [-0.2, -0.15) is 0 Å². The van der Waals surface area contributed by atoms with Gasteiger partial charge in [0, 0.05) is 19.2 Å². The molecule has 0 fully saturated rings. The zero-order valence-electron chi connectivity index (χ0n) is 9.58. The van der Waals surface area contributed by atoms with Crippen LogP contribution in [0.1, 0.15) is 19.4 Å². The van der Waals surface area contributed by atoms with E-state index in [1.807, 2.05) is 31.2 Å². The summed E-state index contributed by atoms with van der Waals surface area (Å²) in [5.74, 6) is 2.54. The number of hydrogen-bond donors (Lipinski definition) is 2. The van der Waals surface area contributed by atoms with E-state index in [1.165, 1.54) is 6.92 Å². The SMILES string of the molecule is C#CC(C)NCc1ccc(NC(C)=O)cc1. The lowest BCUT2D eigenvalue weighted by Crippen LogP contribution is -2.23. The zero-order valence-corrected chi connectivity index (χ0v) is 9.58. The number of benzene rings is 1. The molecule has 0 aliphatic carbocycles. The van der Waals surface area contributed by atoms with Crippen LogP contribution >= 0.6 is 0 Å². The van der Waals surface area contributed by atoms with E-state index in [9.17, 15) is 4.79 Å². The summed E-state index contributed by atoms with van der Waals surface area (Å²) in [6.07, 6.45) is 5.26. The van der Waals surface area contributed by atoms with Crippen LogP contribution in [0.2, 0.25) is 0 Å². The van der Waals surface area contributed by atoms with Crippen molar-refractivity contribution in [2.45, 2.75) is 26.4 Å². The first-order valence-corrected chi connectivity index (χ1v) is 5.18. The van der Waals surface area contributed by atoms with Crippen molar-refractivity contribution >= 4 is 11.6 Å². The second kappa shape index (κ2) is 5.94. The van der Waals surface area contributed by atoms with Crippen molar-refractivity contribution < 1.29 is 4.79 Å². The molecule has 1 amide bonds. The lowest BCUT2D eigenvalue weighted by atomic mass is 10.2. The topological polar surface area (TPSA) is 41.1 Å². The van der Waals surface area contributed by atoms with E-state index in [1.54, 1.807) is 0 Å². The largest absolute Gasteiger partial charge is 0.326 e. The maximum Gasteiger partial charge on any atom is 0.221 e. The Morgan fingerprint density at radius 3 is 2.56 bits per heavy atom. The highest BCUT2D eigenvalue weighted by Crippen LogP contribution is 2.09. The van der Waals surface area contributed by atoms with Gasteiger partial charge in [-0.15, -0.1) is 6.42 Å². The molecule has 84 valence electrons. The van der Waals surface area contributed by atoms with Crippen LogP contribution < -0.4 is 10.6 Å². The first kappa shape index (κ1) is 12.3. The number of rotatable bonds is 4. The Morgan fingerprint density at radius 1 is 1.44 bits per heavy atom. The minimum atomic E-state index is -0.0631. The van der Waals surface area contributed by atoms with Crippen LogP contribution in [-0.4, -0.2) is 11.9 Å². The highest BCUT2D eigenvalue weighted by atomic mass is 16.1. The summed E-state index contributed by atoms with van der Waals surface area (Å²) in [6.45, 7) is 4.15. The molecular weight excluding hydrogens is 200 g/mol. The highest BCUT2D eigenvalue weighted by Gasteiger charge is 1.98. The molecule has 0 radical (unpaired) electrons. The molecule has 1 aromatic carbocycles. The van der Waals surface area contributed by atoms with Gasteiger partial charge >= 0.3 is 0 Å². The average molecular weight is 216 g/mol. The Balaban J connectivity index is 2.52. The molecule has 3 heteroatoms. The second-order valence-electron chi connectivity index (χ2n) is 3.65. The minimum absolute atomic E-state index is 0.0631. The van der Waals surface area contributed by atoms with Crippen molar-refractivity contribution in [3.63, 3.8) is 0 Å². The number of carbonyl (C=O) groups is 1. The standard InChI is InChI=1S/C13H16N2O/c1-4-10(2)14-9-12-5-7-13(8-6-12)15-11(3)16/h1,5-8,10,14H,9H2,2-3H3,(H,15,16). The number of amides is 1. The summed E-state index contributed by atoms with van der Waals surface area (Å²) in [5.41, 5.74) is 1.94. The molecule has 1 aromatic rings. The zero-order chi connectivity index (χ0) is 12.0. The molecule has 1 rings (SSSR count). The van der Waals surface area contributed by atoms with Gasteiger partial charge in [0.05, 0.1) is 6.04 Å². The maximum atomic E-state index is 10.8.